The average molecular weight is 540 g/mol. The van der Waals surface area contributed by atoms with Gasteiger partial charge in [0.15, 0.2) is 0 Å². The molecule has 210 valence electrons. The molecule has 0 unspecified atom stereocenters. The van der Waals surface area contributed by atoms with E-state index < -0.39 is 0 Å². The summed E-state index contributed by atoms with van der Waals surface area (Å²) < 4.78 is 3.77. The molecule has 0 radical (unpaired) electrons. The standard InChI is InChI=1S/C32H41N7O/c1-21(2)39-20-29(17-34-39)27-13-25(12-26(14-27)28-16-33-37(7)19-28)24(5)35-32(40)31-15-30(9-8-22(31)3)38-11-10-36(6)18-23(38)4/h8-9,12-17,19-21,23-24H,10-11,18H2,1-7H3,(H,35,40)/t23-,24+/m0/s1. The highest BCUT2D eigenvalue weighted by Crippen LogP contribution is 2.31. The maximum absolute atomic E-state index is 13.6. The number of piperazine rings is 1. The zero-order chi connectivity index (χ0) is 28.6. The highest BCUT2D eigenvalue weighted by molar-refractivity contribution is 5.97. The van der Waals surface area contributed by atoms with E-state index in [0.717, 1.165) is 64.3 Å². The minimum Gasteiger partial charge on any atom is -0.366 e. The smallest absolute Gasteiger partial charge is 0.252 e. The van der Waals surface area contributed by atoms with Crippen LogP contribution in [0, 0.1) is 6.92 Å². The van der Waals surface area contributed by atoms with Gasteiger partial charge in [-0.1, -0.05) is 6.07 Å². The number of aryl methyl sites for hydroxylation is 2. The molecule has 8 nitrogen and oxygen atoms in total. The molecule has 0 bridgehead atoms. The van der Waals surface area contributed by atoms with Gasteiger partial charge in [-0.05, 0) is 94.3 Å². The highest BCUT2D eigenvalue weighted by atomic mass is 16.1. The zero-order valence-corrected chi connectivity index (χ0v) is 24.7. The predicted molar refractivity (Wildman–Crippen MR) is 162 cm³/mol. The number of carbonyl (C=O) groups excluding carboxylic acids is 1. The lowest BCUT2D eigenvalue weighted by atomic mass is 9.95. The summed E-state index contributed by atoms with van der Waals surface area (Å²) in [6, 6.07) is 13.2. The van der Waals surface area contributed by atoms with Gasteiger partial charge in [-0.15, -0.1) is 0 Å². The highest BCUT2D eigenvalue weighted by Gasteiger charge is 2.23. The van der Waals surface area contributed by atoms with Crippen molar-refractivity contribution < 1.29 is 4.79 Å². The molecule has 4 aromatic rings. The molecule has 5 rings (SSSR count). The van der Waals surface area contributed by atoms with Crippen LogP contribution in [0.5, 0.6) is 0 Å². The summed E-state index contributed by atoms with van der Waals surface area (Å²) in [6.07, 6.45) is 7.87. The molecule has 8 heteroatoms. The monoisotopic (exact) mass is 539 g/mol. The summed E-state index contributed by atoms with van der Waals surface area (Å²) in [7, 11) is 4.08. The van der Waals surface area contributed by atoms with Gasteiger partial charge in [0.1, 0.15) is 0 Å². The van der Waals surface area contributed by atoms with Crippen molar-refractivity contribution in [2.75, 3.05) is 31.6 Å². The Morgan fingerprint density at radius 1 is 0.925 bits per heavy atom. The first-order valence-corrected chi connectivity index (χ1v) is 14.1. The second-order valence-electron chi connectivity index (χ2n) is 11.5. The Hall–Kier alpha value is -3.91. The maximum atomic E-state index is 13.6. The Morgan fingerprint density at radius 3 is 2.25 bits per heavy atom. The van der Waals surface area contributed by atoms with Crippen LogP contribution < -0.4 is 10.2 Å². The summed E-state index contributed by atoms with van der Waals surface area (Å²) in [6.45, 7) is 13.5. The molecule has 1 N–H and O–H groups in total. The van der Waals surface area contributed by atoms with Gasteiger partial charge in [0.25, 0.3) is 5.91 Å². The number of rotatable bonds is 7. The maximum Gasteiger partial charge on any atom is 0.252 e. The largest absolute Gasteiger partial charge is 0.366 e. The van der Waals surface area contributed by atoms with Gasteiger partial charge in [-0.3, -0.25) is 14.2 Å². The van der Waals surface area contributed by atoms with E-state index in [4.69, 9.17) is 0 Å². The van der Waals surface area contributed by atoms with Crippen LogP contribution in [0.4, 0.5) is 5.69 Å². The second kappa shape index (κ2) is 11.3. The van der Waals surface area contributed by atoms with Gasteiger partial charge in [0.2, 0.25) is 0 Å². The average Bonchev–Trinajstić information content (AvgIpc) is 3.59. The Bertz CT molecular complexity index is 1500. The van der Waals surface area contributed by atoms with Gasteiger partial charge in [-0.2, -0.15) is 10.2 Å². The predicted octanol–water partition coefficient (Wildman–Crippen LogP) is 5.47. The van der Waals surface area contributed by atoms with Crippen LogP contribution in [0.2, 0.25) is 0 Å². The van der Waals surface area contributed by atoms with Crippen LogP contribution in [0.25, 0.3) is 22.3 Å². The Kier molecular flexibility index (Phi) is 7.81. The third-order valence-corrected chi connectivity index (χ3v) is 7.93. The van der Waals surface area contributed by atoms with Crippen LogP contribution >= 0.6 is 0 Å². The van der Waals surface area contributed by atoms with Gasteiger partial charge in [-0.25, -0.2) is 0 Å². The number of anilines is 1. The molecular formula is C32H41N7O. The molecule has 1 fully saturated rings. The zero-order valence-electron chi connectivity index (χ0n) is 24.7. The van der Waals surface area contributed by atoms with Crippen LogP contribution in [-0.4, -0.2) is 63.1 Å². The van der Waals surface area contributed by atoms with Gasteiger partial charge < -0.3 is 15.1 Å². The first-order chi connectivity index (χ1) is 19.1. The number of carbonyl (C=O) groups is 1. The quantitative estimate of drug-likeness (QED) is 0.337. The van der Waals surface area contributed by atoms with Gasteiger partial charge in [0, 0.05) is 73.5 Å². The van der Waals surface area contributed by atoms with E-state index in [-0.39, 0.29) is 18.0 Å². The lowest BCUT2D eigenvalue weighted by molar-refractivity contribution is 0.0939. The van der Waals surface area contributed by atoms with Crippen molar-refractivity contribution in [1.82, 2.24) is 29.8 Å². The van der Waals surface area contributed by atoms with Crippen molar-refractivity contribution in [3.8, 4) is 22.3 Å². The molecule has 2 atom stereocenters. The number of hydrogen-bond donors (Lipinski definition) is 1. The Balaban J connectivity index is 1.44. The third kappa shape index (κ3) is 5.82. The fourth-order valence-corrected chi connectivity index (χ4v) is 5.49. The normalized spacial score (nSPS) is 16.9. The van der Waals surface area contributed by atoms with Crippen LogP contribution in [0.15, 0.2) is 61.2 Å². The molecule has 3 heterocycles. The van der Waals surface area contributed by atoms with Crippen molar-refractivity contribution in [3.63, 3.8) is 0 Å². The van der Waals surface area contributed by atoms with E-state index >= 15 is 0 Å². The molecule has 2 aromatic carbocycles. The van der Waals surface area contributed by atoms with Gasteiger partial charge >= 0.3 is 0 Å². The minimum atomic E-state index is -0.200. The molecule has 0 spiro atoms. The number of nitrogens with zero attached hydrogens (tertiary/aromatic N) is 6. The molecule has 1 amide bonds. The molecule has 1 aliphatic rings. The lowest BCUT2D eigenvalue weighted by Gasteiger charge is -2.40. The molecule has 1 aliphatic heterocycles. The number of amides is 1. The summed E-state index contributed by atoms with van der Waals surface area (Å²) in [5.74, 6) is -0.0606. The summed E-state index contributed by atoms with van der Waals surface area (Å²) >= 11 is 0. The number of hydrogen-bond acceptors (Lipinski definition) is 5. The van der Waals surface area contributed by atoms with E-state index in [1.54, 1.807) is 4.68 Å². The lowest BCUT2D eigenvalue weighted by Crippen LogP contribution is -2.50. The molecule has 0 saturated carbocycles. The number of nitrogens with one attached hydrogen (secondary N) is 1. The fourth-order valence-electron chi connectivity index (χ4n) is 5.49. The summed E-state index contributed by atoms with van der Waals surface area (Å²) in [4.78, 5) is 18.4. The van der Waals surface area contributed by atoms with Crippen LogP contribution in [-0.2, 0) is 7.05 Å². The minimum absolute atomic E-state index is 0.0606. The van der Waals surface area contributed by atoms with Gasteiger partial charge in [0.05, 0.1) is 18.4 Å². The number of likely N-dealkylation sites (N-methyl/N-ethyl adjacent to an activating group) is 1. The van der Waals surface area contributed by atoms with Crippen molar-refractivity contribution in [2.24, 2.45) is 7.05 Å². The van der Waals surface area contributed by atoms with Crippen molar-refractivity contribution in [1.29, 1.82) is 0 Å². The molecule has 2 aromatic heterocycles. The number of aromatic nitrogens is 4. The van der Waals surface area contributed by atoms with E-state index in [0.29, 0.717) is 6.04 Å². The van der Waals surface area contributed by atoms with E-state index in [2.05, 4.69) is 95.7 Å². The summed E-state index contributed by atoms with van der Waals surface area (Å²) in [5, 5.41) is 12.2. The topological polar surface area (TPSA) is 71.2 Å². The fraction of sp³-hybridized carbons (Fsp3) is 0.406. The van der Waals surface area contributed by atoms with E-state index in [1.165, 1.54) is 0 Å². The molecular weight excluding hydrogens is 498 g/mol. The first kappa shape index (κ1) is 27.6. The van der Waals surface area contributed by atoms with E-state index in [1.807, 2.05) is 44.2 Å². The van der Waals surface area contributed by atoms with Crippen molar-refractivity contribution in [3.05, 3.63) is 77.9 Å². The van der Waals surface area contributed by atoms with Crippen molar-refractivity contribution in [2.45, 2.75) is 52.7 Å². The molecule has 0 aliphatic carbocycles. The first-order valence-electron chi connectivity index (χ1n) is 14.1. The Morgan fingerprint density at radius 2 is 1.62 bits per heavy atom. The van der Waals surface area contributed by atoms with Crippen molar-refractivity contribution >= 4 is 11.6 Å². The number of benzene rings is 2. The summed E-state index contributed by atoms with van der Waals surface area (Å²) in [5.41, 5.74) is 8.02. The Labute approximate surface area is 237 Å². The third-order valence-electron chi connectivity index (χ3n) is 7.93. The second-order valence-corrected chi connectivity index (χ2v) is 11.5. The molecule has 1 saturated heterocycles. The van der Waals surface area contributed by atoms with Crippen LogP contribution in [0.3, 0.4) is 0 Å². The van der Waals surface area contributed by atoms with E-state index in [9.17, 15) is 4.79 Å². The SMILES string of the molecule is Cc1ccc(N2CCN(C)C[C@@H]2C)cc1C(=O)N[C@H](C)c1cc(-c2cnn(C)c2)cc(-c2cnn(C(C)C)c2)c1. The van der Waals surface area contributed by atoms with Crippen LogP contribution in [0.1, 0.15) is 61.3 Å². The molecule has 40 heavy (non-hydrogen) atoms.